The topological polar surface area (TPSA) is 41.6 Å². The predicted octanol–water partition coefficient (Wildman–Crippen LogP) is 5.09. The van der Waals surface area contributed by atoms with Crippen molar-refractivity contribution >= 4 is 5.91 Å². The van der Waals surface area contributed by atoms with Gasteiger partial charge in [0.2, 0.25) is 0 Å². The second-order valence-corrected chi connectivity index (χ2v) is 9.02. The van der Waals surface area contributed by atoms with Gasteiger partial charge in [-0.2, -0.15) is 0 Å². The summed E-state index contributed by atoms with van der Waals surface area (Å²) in [4.78, 5) is 15.4. The molecule has 0 aliphatic carbocycles. The molecule has 1 saturated heterocycles. The molecule has 1 atom stereocenters. The molecular weight excluding hydrogens is 360 g/mol. The molecule has 1 fully saturated rings. The summed E-state index contributed by atoms with van der Waals surface area (Å²) in [6.07, 6.45) is 6.04. The van der Waals surface area contributed by atoms with Gasteiger partial charge in [0.15, 0.2) is 0 Å². The smallest absolute Gasteiger partial charge is 0.251 e. The van der Waals surface area contributed by atoms with Crippen LogP contribution in [0.5, 0.6) is 5.75 Å². The average Bonchev–Trinajstić information content (AvgIpc) is 2.96. The van der Waals surface area contributed by atoms with Crippen LogP contribution < -0.4 is 10.1 Å². The number of nitrogens with zero attached hydrogens (tertiary/aromatic N) is 1. The standard InChI is InChI=1S/C25H32N2O2/c1-25(2)17-22(21-9-5-6-10-23(21)29-25)26-24(28)20-13-11-19(12-14-20)18-27-15-7-3-4-8-16-27/h5-6,9-14,22H,3-4,7-8,15-18H2,1-2H3,(H,26,28)/t22-/m0/s1. The summed E-state index contributed by atoms with van der Waals surface area (Å²) < 4.78 is 6.08. The van der Waals surface area contributed by atoms with Crippen LogP contribution in [-0.4, -0.2) is 29.5 Å². The molecule has 1 amide bonds. The number of fused-ring (bicyclic) bond motifs is 1. The highest BCUT2D eigenvalue weighted by atomic mass is 16.5. The Hall–Kier alpha value is -2.33. The molecule has 1 N–H and O–H groups in total. The van der Waals surface area contributed by atoms with Crippen molar-refractivity contribution in [1.82, 2.24) is 10.2 Å². The highest BCUT2D eigenvalue weighted by molar-refractivity contribution is 5.94. The van der Waals surface area contributed by atoms with Crippen LogP contribution in [0.15, 0.2) is 48.5 Å². The molecule has 4 rings (SSSR count). The molecule has 0 aromatic heterocycles. The molecule has 2 aromatic rings. The zero-order valence-electron chi connectivity index (χ0n) is 17.6. The number of para-hydroxylation sites is 1. The molecule has 2 aliphatic heterocycles. The highest BCUT2D eigenvalue weighted by Crippen LogP contribution is 2.39. The van der Waals surface area contributed by atoms with E-state index < -0.39 is 0 Å². The summed E-state index contributed by atoms with van der Waals surface area (Å²) in [6, 6.07) is 16.1. The van der Waals surface area contributed by atoms with Crippen molar-refractivity contribution in [2.75, 3.05) is 13.1 Å². The minimum absolute atomic E-state index is 0.0242. The van der Waals surface area contributed by atoms with Crippen LogP contribution in [-0.2, 0) is 6.54 Å². The number of amides is 1. The quantitative estimate of drug-likeness (QED) is 0.787. The minimum atomic E-state index is -0.302. The number of likely N-dealkylation sites (tertiary alicyclic amines) is 1. The van der Waals surface area contributed by atoms with Crippen LogP contribution >= 0.6 is 0 Å². The third-order valence-corrected chi connectivity index (χ3v) is 6.00. The molecule has 0 bridgehead atoms. The number of hydrogen-bond acceptors (Lipinski definition) is 3. The molecule has 4 nitrogen and oxygen atoms in total. The van der Waals surface area contributed by atoms with E-state index in [4.69, 9.17) is 4.74 Å². The van der Waals surface area contributed by atoms with E-state index >= 15 is 0 Å². The zero-order chi connectivity index (χ0) is 20.3. The van der Waals surface area contributed by atoms with Gasteiger partial charge in [-0.1, -0.05) is 43.2 Å². The second kappa shape index (κ2) is 8.58. The van der Waals surface area contributed by atoms with Crippen molar-refractivity contribution in [3.8, 4) is 5.75 Å². The van der Waals surface area contributed by atoms with Gasteiger partial charge < -0.3 is 10.1 Å². The third-order valence-electron chi connectivity index (χ3n) is 6.00. The monoisotopic (exact) mass is 392 g/mol. The number of benzene rings is 2. The van der Waals surface area contributed by atoms with Gasteiger partial charge in [0, 0.05) is 24.1 Å². The molecule has 0 spiro atoms. The lowest BCUT2D eigenvalue weighted by Crippen LogP contribution is -2.41. The molecule has 2 aromatic carbocycles. The summed E-state index contributed by atoms with van der Waals surface area (Å²) in [6.45, 7) is 7.48. The maximum Gasteiger partial charge on any atom is 0.251 e. The Morgan fingerprint density at radius 1 is 1.03 bits per heavy atom. The fourth-order valence-corrected chi connectivity index (χ4v) is 4.49. The van der Waals surface area contributed by atoms with Crippen molar-refractivity contribution in [1.29, 1.82) is 0 Å². The highest BCUT2D eigenvalue weighted by Gasteiger charge is 2.34. The van der Waals surface area contributed by atoms with Crippen LogP contribution in [0.2, 0.25) is 0 Å². The van der Waals surface area contributed by atoms with Crippen LogP contribution in [0, 0.1) is 0 Å². The SMILES string of the molecule is CC1(C)C[C@H](NC(=O)c2ccc(CN3CCCCCC3)cc2)c2ccccc2O1. The maximum atomic E-state index is 12.9. The van der Waals surface area contributed by atoms with E-state index in [2.05, 4.69) is 36.2 Å². The Labute approximate surface area is 174 Å². The maximum absolute atomic E-state index is 12.9. The number of carbonyl (C=O) groups excluding carboxylic acids is 1. The van der Waals surface area contributed by atoms with E-state index in [-0.39, 0.29) is 17.6 Å². The number of ether oxygens (including phenoxy) is 1. The summed E-state index contributed by atoms with van der Waals surface area (Å²) in [5.41, 5.74) is 2.74. The van der Waals surface area contributed by atoms with E-state index in [0.717, 1.165) is 24.3 Å². The Bertz CT molecular complexity index is 836. The third kappa shape index (κ3) is 4.99. The lowest BCUT2D eigenvalue weighted by atomic mass is 9.89. The van der Waals surface area contributed by atoms with Crippen LogP contribution in [0.1, 0.15) is 73.5 Å². The zero-order valence-corrected chi connectivity index (χ0v) is 17.6. The molecule has 154 valence electrons. The number of carbonyl (C=O) groups is 1. The first kappa shape index (κ1) is 20.0. The van der Waals surface area contributed by atoms with E-state index in [1.165, 1.54) is 44.3 Å². The van der Waals surface area contributed by atoms with Gasteiger partial charge in [-0.05, 0) is 63.5 Å². The predicted molar refractivity (Wildman–Crippen MR) is 116 cm³/mol. The lowest BCUT2D eigenvalue weighted by Gasteiger charge is -2.37. The molecule has 0 radical (unpaired) electrons. The Morgan fingerprint density at radius 2 is 1.72 bits per heavy atom. The Kier molecular flexibility index (Phi) is 5.91. The van der Waals surface area contributed by atoms with Crippen LogP contribution in [0.25, 0.3) is 0 Å². The molecule has 2 aliphatic rings. The minimum Gasteiger partial charge on any atom is -0.487 e. The van der Waals surface area contributed by atoms with Gasteiger partial charge in [-0.25, -0.2) is 0 Å². The first-order valence-corrected chi connectivity index (χ1v) is 10.9. The number of hydrogen-bond donors (Lipinski definition) is 1. The van der Waals surface area contributed by atoms with Gasteiger partial charge in [-0.15, -0.1) is 0 Å². The molecule has 0 saturated carbocycles. The van der Waals surface area contributed by atoms with E-state index in [9.17, 15) is 4.79 Å². The van der Waals surface area contributed by atoms with Crippen molar-refractivity contribution in [3.05, 3.63) is 65.2 Å². The second-order valence-electron chi connectivity index (χ2n) is 9.02. The van der Waals surface area contributed by atoms with Gasteiger partial charge >= 0.3 is 0 Å². The van der Waals surface area contributed by atoms with Gasteiger partial charge in [-0.3, -0.25) is 9.69 Å². The van der Waals surface area contributed by atoms with Crippen LogP contribution in [0.3, 0.4) is 0 Å². The fourth-order valence-electron chi connectivity index (χ4n) is 4.49. The van der Waals surface area contributed by atoms with Gasteiger partial charge in [0.05, 0.1) is 6.04 Å². The summed E-state index contributed by atoms with van der Waals surface area (Å²) in [5.74, 6) is 0.839. The van der Waals surface area contributed by atoms with Crippen molar-refractivity contribution in [3.63, 3.8) is 0 Å². The van der Waals surface area contributed by atoms with Crippen molar-refractivity contribution in [2.45, 2.75) is 64.1 Å². The average molecular weight is 393 g/mol. The lowest BCUT2D eigenvalue weighted by molar-refractivity contribution is 0.0619. The van der Waals surface area contributed by atoms with E-state index in [1.807, 2.05) is 36.4 Å². The number of rotatable bonds is 4. The molecule has 2 heterocycles. The molecule has 29 heavy (non-hydrogen) atoms. The normalized spacial score (nSPS) is 21.5. The van der Waals surface area contributed by atoms with Gasteiger partial charge in [0.25, 0.3) is 5.91 Å². The summed E-state index contributed by atoms with van der Waals surface area (Å²) in [7, 11) is 0. The van der Waals surface area contributed by atoms with E-state index in [1.54, 1.807) is 0 Å². The molecular formula is C25H32N2O2. The van der Waals surface area contributed by atoms with E-state index in [0.29, 0.717) is 5.56 Å². The van der Waals surface area contributed by atoms with Crippen molar-refractivity contribution in [2.24, 2.45) is 0 Å². The Morgan fingerprint density at radius 3 is 2.45 bits per heavy atom. The van der Waals surface area contributed by atoms with Crippen molar-refractivity contribution < 1.29 is 9.53 Å². The largest absolute Gasteiger partial charge is 0.487 e. The molecule has 0 unspecified atom stereocenters. The first-order chi connectivity index (χ1) is 14.0. The molecule has 4 heteroatoms. The summed E-state index contributed by atoms with van der Waals surface area (Å²) in [5, 5.41) is 3.23. The van der Waals surface area contributed by atoms with Crippen LogP contribution in [0.4, 0.5) is 0 Å². The number of nitrogens with one attached hydrogen (secondary N) is 1. The first-order valence-electron chi connectivity index (χ1n) is 10.9. The van der Waals surface area contributed by atoms with Gasteiger partial charge in [0.1, 0.15) is 11.4 Å². The Balaban J connectivity index is 1.42. The summed E-state index contributed by atoms with van der Waals surface area (Å²) >= 11 is 0. The fraction of sp³-hybridized carbons (Fsp3) is 0.480.